The maximum atomic E-state index is 12.6. The predicted octanol–water partition coefficient (Wildman–Crippen LogP) is 2.85. The zero-order chi connectivity index (χ0) is 14.8. The average Bonchev–Trinajstić information content (AvgIpc) is 3.12. The second kappa shape index (κ2) is 3.62. The van der Waals surface area contributed by atoms with Crippen molar-refractivity contribution in [2.24, 2.45) is 47.3 Å². The van der Waals surface area contributed by atoms with Gasteiger partial charge in [0.1, 0.15) is 0 Å². The van der Waals surface area contributed by atoms with Crippen LogP contribution in [0.15, 0.2) is 29.2 Å². The Morgan fingerprint density at radius 2 is 1.55 bits per heavy atom. The summed E-state index contributed by atoms with van der Waals surface area (Å²) in [4.78, 5) is 0.308. The van der Waals surface area contributed by atoms with Crippen LogP contribution in [0.5, 0.6) is 0 Å². The van der Waals surface area contributed by atoms with Gasteiger partial charge in [0.2, 0.25) is 0 Å². The van der Waals surface area contributed by atoms with Crippen LogP contribution in [0.1, 0.15) is 18.4 Å². The third kappa shape index (κ3) is 1.28. The number of hydrogen-bond donors (Lipinski definition) is 0. The van der Waals surface area contributed by atoms with E-state index in [4.69, 9.17) is 4.18 Å². The second-order valence-corrected chi connectivity index (χ2v) is 9.82. The molecule has 0 unspecified atom stereocenters. The van der Waals surface area contributed by atoms with Gasteiger partial charge in [0.05, 0.1) is 11.0 Å². The minimum absolute atomic E-state index is 0.0471. The number of fused-ring (bicyclic) bond motifs is 5. The second-order valence-electron chi connectivity index (χ2n) is 8.25. The van der Waals surface area contributed by atoms with Crippen LogP contribution >= 0.6 is 0 Å². The van der Waals surface area contributed by atoms with E-state index in [9.17, 15) is 8.42 Å². The molecule has 5 saturated carbocycles. The molecule has 22 heavy (non-hydrogen) atoms. The summed E-state index contributed by atoms with van der Waals surface area (Å²) in [5, 5.41) is 0. The highest BCUT2D eigenvalue weighted by Crippen LogP contribution is 2.85. The molecule has 0 bridgehead atoms. The first-order valence-electron chi connectivity index (χ1n) is 8.56. The third-order valence-electron chi connectivity index (χ3n) is 7.58. The molecule has 0 saturated heterocycles. The smallest absolute Gasteiger partial charge is 0.263 e. The number of aryl methyl sites for hydroxylation is 1. The SMILES string of the molecule is Cc1ccc(S(=O)(=O)O[C@@H]2C[C@@H]3[C@@H]4[C@@H]5C[C@@H]5[C@H]5[C@H]4[C@H]3[C@@H]52)cc1. The highest BCUT2D eigenvalue weighted by atomic mass is 32.2. The Bertz CT molecular complexity index is 768. The van der Waals surface area contributed by atoms with Gasteiger partial charge < -0.3 is 0 Å². The van der Waals surface area contributed by atoms with E-state index in [2.05, 4.69) is 0 Å². The van der Waals surface area contributed by atoms with Crippen molar-refractivity contribution < 1.29 is 12.6 Å². The lowest BCUT2D eigenvalue weighted by atomic mass is 9.43. The molecule has 5 fully saturated rings. The molecule has 116 valence electrons. The number of benzene rings is 1. The van der Waals surface area contributed by atoms with E-state index in [0.717, 1.165) is 53.4 Å². The maximum absolute atomic E-state index is 12.6. The summed E-state index contributed by atoms with van der Waals surface area (Å²) in [6.07, 6.45) is 2.36. The summed E-state index contributed by atoms with van der Waals surface area (Å²) in [5.74, 6) is 6.76. The van der Waals surface area contributed by atoms with Crippen LogP contribution in [0.25, 0.3) is 0 Å². The molecule has 5 aliphatic carbocycles. The molecule has 4 heteroatoms. The summed E-state index contributed by atoms with van der Waals surface area (Å²) in [6, 6.07) is 7.01. The molecule has 0 N–H and O–H groups in total. The minimum Gasteiger partial charge on any atom is -0.263 e. The summed E-state index contributed by atoms with van der Waals surface area (Å²) in [5.41, 5.74) is 1.07. The van der Waals surface area contributed by atoms with Gasteiger partial charge in [-0.2, -0.15) is 8.42 Å². The van der Waals surface area contributed by atoms with Gasteiger partial charge in [-0.1, -0.05) is 17.7 Å². The van der Waals surface area contributed by atoms with Crippen molar-refractivity contribution >= 4 is 10.1 Å². The molecule has 0 heterocycles. The normalized spacial score (nSPS) is 52.5. The number of hydrogen-bond acceptors (Lipinski definition) is 3. The Hall–Kier alpha value is -0.870. The fourth-order valence-electron chi connectivity index (χ4n) is 6.92. The summed E-state index contributed by atoms with van der Waals surface area (Å²) < 4.78 is 30.9. The van der Waals surface area contributed by atoms with Crippen LogP contribution < -0.4 is 0 Å². The molecule has 5 aliphatic rings. The van der Waals surface area contributed by atoms with Crippen LogP contribution in [0.4, 0.5) is 0 Å². The van der Waals surface area contributed by atoms with Crippen molar-refractivity contribution in [1.82, 2.24) is 0 Å². The molecular weight excluding hydrogens is 296 g/mol. The maximum Gasteiger partial charge on any atom is 0.297 e. The van der Waals surface area contributed by atoms with Crippen LogP contribution in [0.2, 0.25) is 0 Å². The molecule has 0 amide bonds. The van der Waals surface area contributed by atoms with Gasteiger partial charge >= 0.3 is 0 Å². The first-order chi connectivity index (χ1) is 10.6. The van der Waals surface area contributed by atoms with E-state index in [0.29, 0.717) is 10.8 Å². The van der Waals surface area contributed by atoms with Crippen molar-refractivity contribution in [1.29, 1.82) is 0 Å². The van der Waals surface area contributed by atoms with Gasteiger partial charge in [0, 0.05) is 0 Å². The Kier molecular flexibility index (Phi) is 2.06. The molecular formula is C18H20O3S. The van der Waals surface area contributed by atoms with Gasteiger partial charge in [-0.05, 0) is 79.2 Å². The lowest BCUT2D eigenvalue weighted by molar-refractivity contribution is -0.157. The van der Waals surface area contributed by atoms with Crippen LogP contribution in [0.3, 0.4) is 0 Å². The van der Waals surface area contributed by atoms with E-state index < -0.39 is 10.1 Å². The van der Waals surface area contributed by atoms with E-state index in [1.807, 2.05) is 19.1 Å². The van der Waals surface area contributed by atoms with Gasteiger partial charge in [0.15, 0.2) is 0 Å². The first-order valence-corrected chi connectivity index (χ1v) is 9.97. The highest BCUT2D eigenvalue weighted by molar-refractivity contribution is 7.86. The Labute approximate surface area is 131 Å². The van der Waals surface area contributed by atoms with Crippen LogP contribution in [-0.2, 0) is 14.3 Å². The summed E-state index contributed by atoms with van der Waals surface area (Å²) in [6.45, 7) is 1.96. The van der Waals surface area contributed by atoms with Gasteiger partial charge in [-0.15, -0.1) is 0 Å². The predicted molar refractivity (Wildman–Crippen MR) is 80.4 cm³/mol. The molecule has 0 spiro atoms. The molecule has 9 atom stereocenters. The third-order valence-corrected chi connectivity index (χ3v) is 8.93. The van der Waals surface area contributed by atoms with Crippen molar-refractivity contribution in [3.63, 3.8) is 0 Å². The lowest BCUT2D eigenvalue weighted by Gasteiger charge is -2.61. The quantitative estimate of drug-likeness (QED) is 0.805. The zero-order valence-corrected chi connectivity index (χ0v) is 13.4. The largest absolute Gasteiger partial charge is 0.297 e. The lowest BCUT2D eigenvalue weighted by Crippen LogP contribution is -2.59. The Morgan fingerprint density at radius 1 is 0.864 bits per heavy atom. The molecule has 0 radical (unpaired) electrons. The molecule has 1 aromatic rings. The fourth-order valence-corrected chi connectivity index (χ4v) is 8.03. The van der Waals surface area contributed by atoms with Crippen LogP contribution in [-0.4, -0.2) is 14.5 Å². The molecule has 1 aromatic carbocycles. The van der Waals surface area contributed by atoms with Crippen molar-refractivity contribution in [3.05, 3.63) is 29.8 Å². The Morgan fingerprint density at radius 3 is 2.32 bits per heavy atom. The topological polar surface area (TPSA) is 43.4 Å². The van der Waals surface area contributed by atoms with Crippen molar-refractivity contribution in [2.75, 3.05) is 0 Å². The van der Waals surface area contributed by atoms with E-state index in [1.54, 1.807) is 12.1 Å². The first kappa shape index (κ1) is 12.5. The standard InChI is InChI=1S/C18H20O3S/c1-8-2-4-9(5-3-8)22(19,20)21-13-7-12-14-10-6-11(10)15-17(13)16(12)18(14)15/h2-5,10-18H,6-7H2,1H3/t10-,11+,12-,13-,14+,15-,16-,17-,18+/m1/s1. The molecule has 3 nitrogen and oxygen atoms in total. The van der Waals surface area contributed by atoms with Gasteiger partial charge in [0.25, 0.3) is 10.1 Å². The summed E-state index contributed by atoms with van der Waals surface area (Å²) in [7, 11) is -3.61. The fraction of sp³-hybridized carbons (Fsp3) is 0.667. The number of rotatable bonds is 3. The van der Waals surface area contributed by atoms with E-state index >= 15 is 0 Å². The molecule has 6 rings (SSSR count). The molecule has 0 aliphatic heterocycles. The van der Waals surface area contributed by atoms with Crippen LogP contribution in [0, 0.1) is 54.3 Å². The zero-order valence-electron chi connectivity index (χ0n) is 12.6. The monoisotopic (exact) mass is 316 g/mol. The molecule has 0 aromatic heterocycles. The highest BCUT2D eigenvalue weighted by Gasteiger charge is 2.82. The van der Waals surface area contributed by atoms with Crippen molar-refractivity contribution in [3.8, 4) is 0 Å². The van der Waals surface area contributed by atoms with Gasteiger partial charge in [-0.3, -0.25) is 4.18 Å². The minimum atomic E-state index is -3.61. The van der Waals surface area contributed by atoms with E-state index in [1.165, 1.54) is 6.42 Å². The van der Waals surface area contributed by atoms with E-state index in [-0.39, 0.29) is 6.10 Å². The van der Waals surface area contributed by atoms with Crippen molar-refractivity contribution in [2.45, 2.75) is 30.8 Å². The average molecular weight is 316 g/mol. The summed E-state index contributed by atoms with van der Waals surface area (Å²) >= 11 is 0. The van der Waals surface area contributed by atoms with Gasteiger partial charge in [-0.25, -0.2) is 0 Å². The Balaban J connectivity index is 1.29.